The fourth-order valence-corrected chi connectivity index (χ4v) is 1.96. The van der Waals surface area contributed by atoms with Gasteiger partial charge in [0, 0.05) is 5.69 Å². The summed E-state index contributed by atoms with van der Waals surface area (Å²) in [6.07, 6.45) is 2.33. The Balaban J connectivity index is 2.33. The Morgan fingerprint density at radius 3 is 2.67 bits per heavy atom. The first-order valence-electron chi connectivity index (χ1n) is 4.71. The van der Waals surface area contributed by atoms with Crippen LogP contribution in [0.4, 0.5) is 0 Å². The van der Waals surface area contributed by atoms with Gasteiger partial charge in [0.15, 0.2) is 0 Å². The van der Waals surface area contributed by atoms with Crippen molar-refractivity contribution in [2.45, 2.75) is 33.6 Å². The molecular formula is C10H16N2. The second-order valence-electron chi connectivity index (χ2n) is 4.11. The van der Waals surface area contributed by atoms with Crippen LogP contribution in [0.15, 0.2) is 0 Å². The van der Waals surface area contributed by atoms with Gasteiger partial charge in [-0.05, 0) is 31.6 Å². The number of fused-ring (bicyclic) bond motifs is 1. The second kappa shape index (κ2) is 2.61. The number of rotatable bonds is 0. The zero-order chi connectivity index (χ0) is 8.72. The van der Waals surface area contributed by atoms with E-state index in [2.05, 4.69) is 23.8 Å². The van der Waals surface area contributed by atoms with Crippen LogP contribution >= 0.6 is 0 Å². The highest BCUT2D eigenvalue weighted by Gasteiger charge is 2.23. The molecule has 2 unspecified atom stereocenters. The summed E-state index contributed by atoms with van der Waals surface area (Å²) in [5.41, 5.74) is 2.68. The highest BCUT2D eigenvalue weighted by Crippen LogP contribution is 2.27. The predicted molar refractivity (Wildman–Crippen MR) is 49.1 cm³/mol. The third-order valence-corrected chi connectivity index (χ3v) is 3.00. The molecule has 1 aromatic heterocycles. The van der Waals surface area contributed by atoms with Gasteiger partial charge in [0.2, 0.25) is 0 Å². The van der Waals surface area contributed by atoms with Gasteiger partial charge >= 0.3 is 0 Å². The molecule has 1 aliphatic carbocycles. The molecule has 12 heavy (non-hydrogen) atoms. The molecule has 0 aliphatic heterocycles. The molecule has 1 aliphatic rings. The summed E-state index contributed by atoms with van der Waals surface area (Å²) in [6.45, 7) is 6.68. The predicted octanol–water partition coefficient (Wildman–Crippen LogP) is 2.09. The smallest absolute Gasteiger partial charge is 0.103 e. The van der Waals surface area contributed by atoms with Crippen LogP contribution in [0.25, 0.3) is 0 Å². The number of aromatic amines is 1. The van der Waals surface area contributed by atoms with Crippen LogP contribution in [-0.2, 0) is 12.8 Å². The lowest BCUT2D eigenvalue weighted by molar-refractivity contribution is 0.355. The van der Waals surface area contributed by atoms with E-state index < -0.39 is 0 Å². The summed E-state index contributed by atoms with van der Waals surface area (Å²) in [4.78, 5) is 7.82. The maximum atomic E-state index is 4.48. The SMILES string of the molecule is Cc1nc2c([nH]1)CC(C)C(C)C2. The Morgan fingerprint density at radius 2 is 1.92 bits per heavy atom. The maximum absolute atomic E-state index is 4.48. The molecule has 0 fully saturated rings. The number of aromatic nitrogens is 2. The molecule has 0 bridgehead atoms. The van der Waals surface area contributed by atoms with E-state index in [4.69, 9.17) is 0 Å². The standard InChI is InChI=1S/C10H16N2/c1-6-4-9-10(5-7(6)2)12-8(3)11-9/h6-7H,4-5H2,1-3H3,(H,11,12). The molecule has 1 heterocycles. The summed E-state index contributed by atoms with van der Waals surface area (Å²) in [5.74, 6) is 2.67. The Bertz CT molecular complexity index is 261. The van der Waals surface area contributed by atoms with Gasteiger partial charge in [-0.3, -0.25) is 0 Å². The van der Waals surface area contributed by atoms with Gasteiger partial charge in [-0.15, -0.1) is 0 Å². The lowest BCUT2D eigenvalue weighted by atomic mass is 9.82. The van der Waals surface area contributed by atoms with Crippen molar-refractivity contribution in [2.75, 3.05) is 0 Å². The third-order valence-electron chi connectivity index (χ3n) is 3.00. The minimum atomic E-state index is 0.792. The van der Waals surface area contributed by atoms with Gasteiger partial charge in [-0.1, -0.05) is 13.8 Å². The number of hydrogen-bond donors (Lipinski definition) is 1. The molecule has 2 rings (SSSR count). The summed E-state index contributed by atoms with van der Waals surface area (Å²) in [5, 5.41) is 0. The lowest BCUT2D eigenvalue weighted by Crippen LogP contribution is -2.20. The highest BCUT2D eigenvalue weighted by molar-refractivity contribution is 5.18. The number of hydrogen-bond acceptors (Lipinski definition) is 1. The first-order chi connectivity index (χ1) is 5.66. The van der Waals surface area contributed by atoms with Crippen LogP contribution in [0.2, 0.25) is 0 Å². The number of H-pyrrole nitrogens is 1. The second-order valence-corrected chi connectivity index (χ2v) is 4.11. The minimum absolute atomic E-state index is 0.792. The number of nitrogens with one attached hydrogen (secondary N) is 1. The normalized spacial score (nSPS) is 28.6. The van der Waals surface area contributed by atoms with Crippen LogP contribution in [0.3, 0.4) is 0 Å². The summed E-state index contributed by atoms with van der Waals surface area (Å²) >= 11 is 0. The van der Waals surface area contributed by atoms with Crippen molar-refractivity contribution in [1.82, 2.24) is 9.97 Å². The van der Waals surface area contributed by atoms with Crippen molar-refractivity contribution in [3.63, 3.8) is 0 Å². The topological polar surface area (TPSA) is 28.7 Å². The Morgan fingerprint density at radius 1 is 1.25 bits per heavy atom. The molecule has 1 aromatic rings. The van der Waals surface area contributed by atoms with E-state index in [1.807, 2.05) is 6.92 Å². The Kier molecular flexibility index (Phi) is 1.71. The van der Waals surface area contributed by atoms with Crippen LogP contribution in [0.1, 0.15) is 31.1 Å². The molecule has 0 saturated carbocycles. The molecule has 2 heteroatoms. The maximum Gasteiger partial charge on any atom is 0.103 e. The number of imidazole rings is 1. The lowest BCUT2D eigenvalue weighted by Gasteiger charge is -2.24. The van der Waals surface area contributed by atoms with E-state index >= 15 is 0 Å². The van der Waals surface area contributed by atoms with Crippen molar-refractivity contribution in [1.29, 1.82) is 0 Å². The molecule has 0 amide bonds. The van der Waals surface area contributed by atoms with Gasteiger partial charge in [0.25, 0.3) is 0 Å². The molecule has 66 valence electrons. The minimum Gasteiger partial charge on any atom is -0.346 e. The first kappa shape index (κ1) is 7.84. The van der Waals surface area contributed by atoms with E-state index in [1.54, 1.807) is 0 Å². The summed E-state index contributed by atoms with van der Waals surface area (Å²) in [6, 6.07) is 0. The molecule has 0 radical (unpaired) electrons. The van der Waals surface area contributed by atoms with E-state index in [9.17, 15) is 0 Å². The van der Waals surface area contributed by atoms with E-state index in [1.165, 1.54) is 17.8 Å². The Hall–Kier alpha value is -0.790. The third kappa shape index (κ3) is 1.15. The van der Waals surface area contributed by atoms with Crippen LogP contribution in [0.5, 0.6) is 0 Å². The van der Waals surface area contributed by atoms with E-state index in [0.29, 0.717) is 0 Å². The molecule has 1 N–H and O–H groups in total. The van der Waals surface area contributed by atoms with Crippen molar-refractivity contribution < 1.29 is 0 Å². The van der Waals surface area contributed by atoms with Crippen LogP contribution < -0.4 is 0 Å². The summed E-state index contributed by atoms with van der Waals surface area (Å²) < 4.78 is 0. The average molecular weight is 164 g/mol. The van der Waals surface area contributed by atoms with Crippen molar-refractivity contribution >= 4 is 0 Å². The van der Waals surface area contributed by atoms with E-state index in [0.717, 1.165) is 24.1 Å². The van der Waals surface area contributed by atoms with Crippen LogP contribution in [0, 0.1) is 18.8 Å². The van der Waals surface area contributed by atoms with Gasteiger partial charge in [-0.25, -0.2) is 4.98 Å². The zero-order valence-corrected chi connectivity index (χ0v) is 8.02. The molecule has 2 nitrogen and oxygen atoms in total. The Labute approximate surface area is 73.4 Å². The molecule has 0 aromatic carbocycles. The molecule has 0 saturated heterocycles. The van der Waals surface area contributed by atoms with Crippen molar-refractivity contribution in [2.24, 2.45) is 11.8 Å². The molecular weight excluding hydrogens is 148 g/mol. The summed E-state index contributed by atoms with van der Waals surface area (Å²) in [7, 11) is 0. The first-order valence-corrected chi connectivity index (χ1v) is 4.71. The highest BCUT2D eigenvalue weighted by atomic mass is 14.9. The monoisotopic (exact) mass is 164 g/mol. The molecule has 2 atom stereocenters. The van der Waals surface area contributed by atoms with E-state index in [-0.39, 0.29) is 0 Å². The van der Waals surface area contributed by atoms with Crippen molar-refractivity contribution in [3.05, 3.63) is 17.2 Å². The van der Waals surface area contributed by atoms with Crippen LogP contribution in [-0.4, -0.2) is 9.97 Å². The van der Waals surface area contributed by atoms with Gasteiger partial charge in [-0.2, -0.15) is 0 Å². The average Bonchev–Trinajstić information content (AvgIpc) is 2.30. The zero-order valence-electron chi connectivity index (χ0n) is 8.02. The van der Waals surface area contributed by atoms with Crippen molar-refractivity contribution in [3.8, 4) is 0 Å². The fourth-order valence-electron chi connectivity index (χ4n) is 1.96. The fraction of sp³-hybridized carbons (Fsp3) is 0.700. The quantitative estimate of drug-likeness (QED) is 0.625. The number of nitrogens with zero attached hydrogens (tertiary/aromatic N) is 1. The largest absolute Gasteiger partial charge is 0.346 e. The van der Waals surface area contributed by atoms with Gasteiger partial charge in [0.05, 0.1) is 5.69 Å². The van der Waals surface area contributed by atoms with Gasteiger partial charge in [0.1, 0.15) is 5.82 Å². The number of aryl methyl sites for hydroxylation is 1. The van der Waals surface area contributed by atoms with Gasteiger partial charge < -0.3 is 4.98 Å². The molecule has 0 spiro atoms.